The van der Waals surface area contributed by atoms with Gasteiger partial charge in [-0.3, -0.25) is 0 Å². The Labute approximate surface area is 131 Å². The van der Waals surface area contributed by atoms with Crippen molar-refractivity contribution in [1.29, 1.82) is 0 Å². The predicted molar refractivity (Wildman–Crippen MR) is 83.3 cm³/mol. The van der Waals surface area contributed by atoms with E-state index in [0.29, 0.717) is 12.4 Å². The Morgan fingerprint density at radius 3 is 2.43 bits per heavy atom. The second-order valence-corrected chi connectivity index (χ2v) is 5.32. The minimum absolute atomic E-state index is 0.133. The third-order valence-electron chi connectivity index (χ3n) is 2.87. The van der Waals surface area contributed by atoms with Crippen LogP contribution in [0.15, 0.2) is 46.9 Å². The maximum Gasteiger partial charge on any atom is 0.339 e. The van der Waals surface area contributed by atoms with Gasteiger partial charge in [0.1, 0.15) is 30.3 Å². The van der Waals surface area contributed by atoms with Gasteiger partial charge in [-0.2, -0.15) is 0 Å². The molecule has 0 fully saturated rings. The van der Waals surface area contributed by atoms with E-state index in [-0.39, 0.29) is 12.2 Å². The minimum Gasteiger partial charge on any atom is -0.490 e. The lowest BCUT2D eigenvalue weighted by atomic mass is 10.2. The van der Waals surface area contributed by atoms with Crippen LogP contribution in [-0.2, 0) is 0 Å². The largest absolute Gasteiger partial charge is 0.490 e. The topological polar surface area (TPSA) is 55.8 Å². The highest BCUT2D eigenvalue weighted by Gasteiger charge is 2.11. The third-order valence-corrected chi connectivity index (χ3v) is 3.36. The second-order valence-electron chi connectivity index (χ2n) is 4.41. The fourth-order valence-electron chi connectivity index (χ4n) is 1.81. The number of rotatable bonds is 6. The summed E-state index contributed by atoms with van der Waals surface area (Å²) in [5, 5.41) is 9.10. The molecule has 0 amide bonds. The van der Waals surface area contributed by atoms with Crippen LogP contribution >= 0.6 is 15.9 Å². The Bertz CT molecular complexity index is 640. The number of benzene rings is 2. The van der Waals surface area contributed by atoms with Crippen molar-refractivity contribution in [3.63, 3.8) is 0 Å². The van der Waals surface area contributed by atoms with Crippen LogP contribution in [0.3, 0.4) is 0 Å². The van der Waals surface area contributed by atoms with Crippen LogP contribution in [0.5, 0.6) is 11.5 Å². The Kier molecular flexibility index (Phi) is 5.22. The number of aromatic carboxylic acids is 1. The third kappa shape index (κ3) is 4.23. The molecule has 0 aliphatic rings. The standard InChI is InChI=1S/C16H15BrO4/c1-11-4-2-3-5-14(11)20-8-9-21-15-10-12(17)6-7-13(15)16(18)19/h2-7,10H,8-9H2,1H3,(H,18,19). The van der Waals surface area contributed by atoms with Crippen molar-refractivity contribution in [2.45, 2.75) is 6.92 Å². The molecular weight excluding hydrogens is 336 g/mol. The highest BCUT2D eigenvalue weighted by molar-refractivity contribution is 9.10. The molecule has 0 atom stereocenters. The first kappa shape index (κ1) is 15.4. The molecule has 2 aromatic carbocycles. The number of hydrogen-bond donors (Lipinski definition) is 1. The number of carbonyl (C=O) groups is 1. The number of carboxylic acids is 1. The van der Waals surface area contributed by atoms with Gasteiger partial charge < -0.3 is 14.6 Å². The first-order valence-electron chi connectivity index (χ1n) is 6.42. The fourth-order valence-corrected chi connectivity index (χ4v) is 2.15. The zero-order valence-electron chi connectivity index (χ0n) is 11.5. The highest BCUT2D eigenvalue weighted by atomic mass is 79.9. The monoisotopic (exact) mass is 350 g/mol. The Morgan fingerprint density at radius 2 is 1.76 bits per heavy atom. The Balaban J connectivity index is 1.93. The summed E-state index contributed by atoms with van der Waals surface area (Å²) in [4.78, 5) is 11.1. The maximum atomic E-state index is 11.1. The summed E-state index contributed by atoms with van der Waals surface area (Å²) in [5.74, 6) is 0.108. The lowest BCUT2D eigenvalue weighted by Crippen LogP contribution is -2.11. The van der Waals surface area contributed by atoms with Gasteiger partial charge >= 0.3 is 5.97 Å². The van der Waals surface area contributed by atoms with Crippen LogP contribution < -0.4 is 9.47 Å². The Morgan fingerprint density at radius 1 is 1.10 bits per heavy atom. The molecule has 0 saturated carbocycles. The van der Waals surface area contributed by atoms with Gasteiger partial charge in [-0.1, -0.05) is 34.1 Å². The van der Waals surface area contributed by atoms with Gasteiger partial charge in [-0.05, 0) is 36.8 Å². The SMILES string of the molecule is Cc1ccccc1OCCOc1cc(Br)ccc1C(=O)O. The molecule has 110 valence electrons. The quantitative estimate of drug-likeness (QED) is 0.802. The minimum atomic E-state index is -1.02. The smallest absolute Gasteiger partial charge is 0.339 e. The number of carboxylic acid groups (broad SMARTS) is 1. The zero-order valence-corrected chi connectivity index (χ0v) is 13.1. The van der Waals surface area contributed by atoms with Crippen molar-refractivity contribution < 1.29 is 19.4 Å². The summed E-state index contributed by atoms with van der Waals surface area (Å²) in [6.07, 6.45) is 0. The summed E-state index contributed by atoms with van der Waals surface area (Å²) in [7, 11) is 0. The van der Waals surface area contributed by atoms with Crippen LogP contribution in [0.2, 0.25) is 0 Å². The number of halogens is 1. The van der Waals surface area contributed by atoms with Crippen LogP contribution in [0.4, 0.5) is 0 Å². The van der Waals surface area contributed by atoms with Gasteiger partial charge in [0.15, 0.2) is 0 Å². The van der Waals surface area contributed by atoms with E-state index in [1.54, 1.807) is 12.1 Å². The summed E-state index contributed by atoms with van der Waals surface area (Å²) < 4.78 is 11.9. The number of hydrogen-bond acceptors (Lipinski definition) is 3. The molecule has 0 aliphatic heterocycles. The summed E-state index contributed by atoms with van der Waals surface area (Å²) in [6.45, 7) is 2.58. The highest BCUT2D eigenvalue weighted by Crippen LogP contribution is 2.24. The summed E-state index contributed by atoms with van der Waals surface area (Å²) in [6, 6.07) is 12.5. The normalized spacial score (nSPS) is 10.2. The molecule has 5 heteroatoms. The molecule has 21 heavy (non-hydrogen) atoms. The lowest BCUT2D eigenvalue weighted by molar-refractivity contribution is 0.0691. The van der Waals surface area contributed by atoms with E-state index in [1.165, 1.54) is 6.07 Å². The molecule has 0 spiro atoms. The molecule has 0 bridgehead atoms. The van der Waals surface area contributed by atoms with E-state index in [2.05, 4.69) is 15.9 Å². The average molecular weight is 351 g/mol. The molecule has 0 radical (unpaired) electrons. The van der Waals surface area contributed by atoms with E-state index < -0.39 is 5.97 Å². The Hall–Kier alpha value is -2.01. The molecule has 2 aromatic rings. The van der Waals surface area contributed by atoms with E-state index in [9.17, 15) is 4.79 Å². The van der Waals surface area contributed by atoms with Gasteiger partial charge in [0, 0.05) is 4.47 Å². The molecule has 0 aromatic heterocycles. The van der Waals surface area contributed by atoms with Crippen molar-refractivity contribution in [3.8, 4) is 11.5 Å². The van der Waals surface area contributed by atoms with Crippen molar-refractivity contribution in [2.75, 3.05) is 13.2 Å². The molecule has 2 rings (SSSR count). The first-order chi connectivity index (χ1) is 10.1. The van der Waals surface area contributed by atoms with Crippen molar-refractivity contribution >= 4 is 21.9 Å². The van der Waals surface area contributed by atoms with Gasteiger partial charge in [0.05, 0.1) is 0 Å². The number of para-hydroxylation sites is 1. The van der Waals surface area contributed by atoms with Crippen molar-refractivity contribution in [1.82, 2.24) is 0 Å². The molecule has 0 aliphatic carbocycles. The first-order valence-corrected chi connectivity index (χ1v) is 7.21. The second kappa shape index (κ2) is 7.13. The maximum absolute atomic E-state index is 11.1. The van der Waals surface area contributed by atoms with Gasteiger partial charge in [-0.15, -0.1) is 0 Å². The van der Waals surface area contributed by atoms with Gasteiger partial charge in [0.25, 0.3) is 0 Å². The summed E-state index contributed by atoms with van der Waals surface area (Å²) >= 11 is 3.30. The predicted octanol–water partition coefficient (Wildman–Crippen LogP) is 3.91. The van der Waals surface area contributed by atoms with Gasteiger partial charge in [0.2, 0.25) is 0 Å². The summed E-state index contributed by atoms with van der Waals surface area (Å²) in [5.41, 5.74) is 1.18. The molecule has 1 N–H and O–H groups in total. The number of aryl methyl sites for hydroxylation is 1. The van der Waals surface area contributed by atoms with Crippen LogP contribution in [0.1, 0.15) is 15.9 Å². The van der Waals surface area contributed by atoms with Crippen LogP contribution in [0, 0.1) is 6.92 Å². The molecule has 0 unspecified atom stereocenters. The number of ether oxygens (including phenoxy) is 2. The molecule has 0 saturated heterocycles. The molecule has 4 nitrogen and oxygen atoms in total. The van der Waals surface area contributed by atoms with E-state index in [0.717, 1.165) is 15.8 Å². The van der Waals surface area contributed by atoms with Gasteiger partial charge in [-0.25, -0.2) is 4.79 Å². The molecule has 0 heterocycles. The van der Waals surface area contributed by atoms with Crippen LogP contribution in [-0.4, -0.2) is 24.3 Å². The van der Waals surface area contributed by atoms with E-state index >= 15 is 0 Å². The fraction of sp³-hybridized carbons (Fsp3) is 0.188. The molecular formula is C16H15BrO4. The van der Waals surface area contributed by atoms with Crippen molar-refractivity contribution in [2.24, 2.45) is 0 Å². The van der Waals surface area contributed by atoms with E-state index in [1.807, 2.05) is 31.2 Å². The average Bonchev–Trinajstić information content (AvgIpc) is 2.45. The zero-order chi connectivity index (χ0) is 15.2. The lowest BCUT2D eigenvalue weighted by Gasteiger charge is -2.11. The van der Waals surface area contributed by atoms with Crippen molar-refractivity contribution in [3.05, 3.63) is 58.1 Å². The van der Waals surface area contributed by atoms with E-state index in [4.69, 9.17) is 14.6 Å². The van der Waals surface area contributed by atoms with Crippen LogP contribution in [0.25, 0.3) is 0 Å².